The van der Waals surface area contributed by atoms with Crippen LogP contribution in [0.4, 0.5) is 0 Å². The minimum Gasteiger partial charge on any atom is -0.392 e. The summed E-state index contributed by atoms with van der Waals surface area (Å²) in [5.74, 6) is 0.383. The fourth-order valence-electron chi connectivity index (χ4n) is 2.06. The van der Waals surface area contributed by atoms with Crippen LogP contribution in [-0.4, -0.2) is 47.7 Å². The Morgan fingerprint density at radius 3 is 2.80 bits per heavy atom. The second-order valence-electron chi connectivity index (χ2n) is 4.54. The summed E-state index contributed by atoms with van der Waals surface area (Å²) >= 11 is 0. The highest BCUT2D eigenvalue weighted by Crippen LogP contribution is 2.14. The number of hydrogen-bond donors (Lipinski definition) is 2. The molecule has 0 bridgehead atoms. The number of carbonyl (C=O) groups excluding carboxylic acids is 1. The van der Waals surface area contributed by atoms with Crippen molar-refractivity contribution in [1.29, 1.82) is 0 Å². The van der Waals surface area contributed by atoms with Crippen molar-refractivity contribution in [1.82, 2.24) is 10.2 Å². The number of rotatable bonds is 4. The molecule has 1 aliphatic rings. The third-order valence-electron chi connectivity index (χ3n) is 2.91. The zero-order valence-electron chi connectivity index (χ0n) is 9.86. The first-order valence-electron chi connectivity index (χ1n) is 5.76. The monoisotopic (exact) mass is 214 g/mol. The van der Waals surface area contributed by atoms with Crippen LogP contribution < -0.4 is 5.32 Å². The van der Waals surface area contributed by atoms with Gasteiger partial charge in [0.25, 0.3) is 0 Å². The van der Waals surface area contributed by atoms with Crippen LogP contribution in [0.25, 0.3) is 0 Å². The molecular weight excluding hydrogens is 192 g/mol. The van der Waals surface area contributed by atoms with Crippen LogP contribution in [0.5, 0.6) is 0 Å². The number of nitrogens with zero attached hydrogens (tertiary/aromatic N) is 1. The van der Waals surface area contributed by atoms with Gasteiger partial charge in [0.15, 0.2) is 0 Å². The van der Waals surface area contributed by atoms with Gasteiger partial charge in [0.1, 0.15) is 0 Å². The molecule has 2 N–H and O–H groups in total. The Bertz CT molecular complexity index is 219. The minimum absolute atomic E-state index is 0.0834. The first-order valence-corrected chi connectivity index (χ1v) is 5.76. The van der Waals surface area contributed by atoms with Crippen molar-refractivity contribution < 1.29 is 9.90 Å². The number of β-amino-alcohol motifs (C(OH)–C–C–N with tert-alkyl or cyclic N) is 1. The van der Waals surface area contributed by atoms with Crippen molar-refractivity contribution in [3.63, 3.8) is 0 Å². The van der Waals surface area contributed by atoms with E-state index < -0.39 is 0 Å². The van der Waals surface area contributed by atoms with E-state index >= 15 is 0 Å². The molecule has 0 aliphatic carbocycles. The summed E-state index contributed by atoms with van der Waals surface area (Å²) in [6.07, 6.45) is 0.417. The normalized spacial score (nSPS) is 25.4. The number of amides is 1. The predicted molar refractivity (Wildman–Crippen MR) is 59.5 cm³/mol. The molecule has 0 aromatic heterocycles. The maximum Gasteiger partial charge on any atom is 0.237 e. The Morgan fingerprint density at radius 2 is 2.27 bits per heavy atom. The SMILES string of the molecule is CCC(O)CN1CCNC(=O)C1C(C)C. The third-order valence-corrected chi connectivity index (χ3v) is 2.91. The van der Waals surface area contributed by atoms with Crippen LogP contribution in [0.2, 0.25) is 0 Å². The van der Waals surface area contributed by atoms with E-state index in [9.17, 15) is 9.90 Å². The summed E-state index contributed by atoms with van der Waals surface area (Å²) in [6.45, 7) is 8.18. The first-order chi connectivity index (χ1) is 7.06. The lowest BCUT2D eigenvalue weighted by Gasteiger charge is -2.38. The fraction of sp³-hybridized carbons (Fsp3) is 0.909. The van der Waals surface area contributed by atoms with Gasteiger partial charge in [0, 0.05) is 19.6 Å². The summed E-state index contributed by atoms with van der Waals surface area (Å²) < 4.78 is 0. The number of piperazine rings is 1. The maximum absolute atomic E-state index is 11.7. The van der Waals surface area contributed by atoms with Crippen molar-refractivity contribution in [2.75, 3.05) is 19.6 Å². The summed E-state index contributed by atoms with van der Waals surface area (Å²) in [5, 5.41) is 12.5. The van der Waals surface area contributed by atoms with Crippen molar-refractivity contribution in [3.05, 3.63) is 0 Å². The molecule has 4 heteroatoms. The van der Waals surface area contributed by atoms with E-state index in [4.69, 9.17) is 0 Å². The van der Waals surface area contributed by atoms with Crippen LogP contribution in [0.3, 0.4) is 0 Å². The lowest BCUT2D eigenvalue weighted by atomic mass is 9.99. The summed E-state index contributed by atoms with van der Waals surface area (Å²) in [7, 11) is 0. The van der Waals surface area contributed by atoms with Crippen LogP contribution in [-0.2, 0) is 4.79 Å². The molecule has 0 saturated carbocycles. The highest BCUT2D eigenvalue weighted by Gasteiger charge is 2.32. The second kappa shape index (κ2) is 5.47. The smallest absolute Gasteiger partial charge is 0.237 e. The molecule has 0 aromatic carbocycles. The number of nitrogens with one attached hydrogen (secondary N) is 1. The summed E-state index contributed by atoms with van der Waals surface area (Å²) in [5.41, 5.74) is 0. The standard InChI is InChI=1S/C11H22N2O2/c1-4-9(14)7-13-6-5-12-11(15)10(13)8(2)3/h8-10,14H,4-7H2,1-3H3,(H,12,15). The average Bonchev–Trinajstić information content (AvgIpc) is 2.17. The van der Waals surface area contributed by atoms with Gasteiger partial charge >= 0.3 is 0 Å². The molecule has 1 rings (SSSR count). The Kier molecular flexibility index (Phi) is 4.54. The van der Waals surface area contributed by atoms with Gasteiger partial charge in [-0.25, -0.2) is 0 Å². The molecule has 2 unspecified atom stereocenters. The lowest BCUT2D eigenvalue weighted by Crippen LogP contribution is -2.58. The molecule has 0 spiro atoms. The molecule has 2 atom stereocenters. The Hall–Kier alpha value is -0.610. The first kappa shape index (κ1) is 12.5. The maximum atomic E-state index is 11.7. The Balaban J connectivity index is 2.62. The van der Waals surface area contributed by atoms with Crippen molar-refractivity contribution in [3.8, 4) is 0 Å². The Morgan fingerprint density at radius 1 is 1.60 bits per heavy atom. The molecular formula is C11H22N2O2. The van der Waals surface area contributed by atoms with Crippen molar-refractivity contribution in [2.24, 2.45) is 5.92 Å². The largest absolute Gasteiger partial charge is 0.392 e. The summed E-state index contributed by atoms with van der Waals surface area (Å²) in [4.78, 5) is 13.8. The minimum atomic E-state index is -0.322. The Labute approximate surface area is 91.6 Å². The van der Waals surface area contributed by atoms with Gasteiger partial charge in [-0.15, -0.1) is 0 Å². The van der Waals surface area contributed by atoms with E-state index in [-0.39, 0.29) is 24.0 Å². The molecule has 0 aromatic rings. The molecule has 1 heterocycles. The third kappa shape index (κ3) is 3.18. The molecule has 0 radical (unpaired) electrons. The molecule has 4 nitrogen and oxygen atoms in total. The highest BCUT2D eigenvalue weighted by atomic mass is 16.3. The predicted octanol–water partition coefficient (Wildman–Crippen LogP) is 0.214. The van der Waals surface area contributed by atoms with Gasteiger partial charge in [-0.1, -0.05) is 20.8 Å². The average molecular weight is 214 g/mol. The van der Waals surface area contributed by atoms with E-state index in [1.165, 1.54) is 0 Å². The van der Waals surface area contributed by atoms with Gasteiger partial charge in [-0.3, -0.25) is 9.69 Å². The zero-order valence-corrected chi connectivity index (χ0v) is 9.86. The van der Waals surface area contributed by atoms with Crippen molar-refractivity contribution >= 4 is 5.91 Å². The lowest BCUT2D eigenvalue weighted by molar-refractivity contribution is -0.131. The molecule has 1 fully saturated rings. The van der Waals surface area contributed by atoms with Crippen LogP contribution in [0, 0.1) is 5.92 Å². The van der Waals surface area contributed by atoms with E-state index in [0.717, 1.165) is 13.0 Å². The summed E-state index contributed by atoms with van der Waals surface area (Å²) in [6, 6.07) is -0.0834. The number of hydrogen-bond acceptors (Lipinski definition) is 3. The van der Waals surface area contributed by atoms with Crippen LogP contribution in [0.1, 0.15) is 27.2 Å². The topological polar surface area (TPSA) is 52.6 Å². The highest BCUT2D eigenvalue weighted by molar-refractivity contribution is 5.82. The number of aliphatic hydroxyl groups excluding tert-OH is 1. The van der Waals surface area contributed by atoms with Gasteiger partial charge in [-0.05, 0) is 12.3 Å². The fourth-order valence-corrected chi connectivity index (χ4v) is 2.06. The molecule has 1 saturated heterocycles. The molecule has 1 amide bonds. The molecule has 1 aliphatic heterocycles. The van der Waals surface area contributed by atoms with Crippen molar-refractivity contribution in [2.45, 2.75) is 39.3 Å². The van der Waals surface area contributed by atoms with E-state index in [2.05, 4.69) is 10.2 Å². The van der Waals surface area contributed by atoms with E-state index in [1.54, 1.807) is 0 Å². The second-order valence-corrected chi connectivity index (χ2v) is 4.54. The van der Waals surface area contributed by atoms with E-state index in [0.29, 0.717) is 13.1 Å². The molecule has 15 heavy (non-hydrogen) atoms. The van der Waals surface area contributed by atoms with E-state index in [1.807, 2.05) is 20.8 Å². The number of aliphatic hydroxyl groups is 1. The van der Waals surface area contributed by atoms with Crippen LogP contribution in [0.15, 0.2) is 0 Å². The van der Waals surface area contributed by atoms with Gasteiger partial charge in [0.05, 0.1) is 12.1 Å². The zero-order chi connectivity index (χ0) is 11.4. The van der Waals surface area contributed by atoms with Gasteiger partial charge in [-0.2, -0.15) is 0 Å². The quantitative estimate of drug-likeness (QED) is 0.703. The number of carbonyl (C=O) groups is 1. The van der Waals surface area contributed by atoms with Crippen LogP contribution >= 0.6 is 0 Å². The van der Waals surface area contributed by atoms with Gasteiger partial charge in [0.2, 0.25) is 5.91 Å². The van der Waals surface area contributed by atoms with Gasteiger partial charge < -0.3 is 10.4 Å². The molecule has 88 valence electrons.